The fourth-order valence-corrected chi connectivity index (χ4v) is 4.65. The van der Waals surface area contributed by atoms with Crippen molar-refractivity contribution in [3.63, 3.8) is 0 Å². The van der Waals surface area contributed by atoms with Gasteiger partial charge in [-0.2, -0.15) is 10.2 Å². The van der Waals surface area contributed by atoms with E-state index < -0.39 is 23.6 Å². The Balaban J connectivity index is 1.55. The highest BCUT2D eigenvalue weighted by Gasteiger charge is 2.10. The molecule has 0 atom stereocenters. The molecule has 0 aliphatic rings. The van der Waals surface area contributed by atoms with Gasteiger partial charge in [0.1, 0.15) is 0 Å². The van der Waals surface area contributed by atoms with E-state index in [1.165, 1.54) is 13.8 Å². The molecule has 2 rings (SSSR count). The zero-order chi connectivity index (χ0) is 42.7. The number of hydrogen-bond acceptors (Lipinski definition) is 10. The second-order valence-electron chi connectivity index (χ2n) is 13.2. The summed E-state index contributed by atoms with van der Waals surface area (Å²) in [6, 6.07) is 13.8. The molecule has 0 bridgehead atoms. The minimum atomic E-state index is -0.486. The van der Waals surface area contributed by atoms with E-state index in [0.29, 0.717) is 74.4 Å². The van der Waals surface area contributed by atoms with Crippen LogP contribution in [0, 0.1) is 0 Å². The molecule has 2 aromatic carbocycles. The highest BCUT2D eigenvalue weighted by molar-refractivity contribution is 5.96. The van der Waals surface area contributed by atoms with Crippen molar-refractivity contribution in [1.82, 2.24) is 31.9 Å². The van der Waals surface area contributed by atoms with Crippen molar-refractivity contribution in [2.75, 3.05) is 49.9 Å². The number of benzene rings is 2. The number of azo groups is 1. The first-order valence-electron chi connectivity index (χ1n) is 18.9. The molecule has 0 aromatic heterocycles. The van der Waals surface area contributed by atoms with E-state index in [9.17, 15) is 38.4 Å². The molecule has 0 radical (unpaired) electrons. The van der Waals surface area contributed by atoms with Crippen molar-refractivity contribution < 1.29 is 38.4 Å². The number of nitrogens with one attached hydrogen (secondary N) is 8. The standard InChI is InChI=1S/C40H54N10O8/c1-27(2)39(57)45-25-37(55)43-23-35(53)41-21-9-5-7-11-33(51)47-29-13-17-31(18-14-29)49-50-32-19-15-30(16-20-32)48-34(52)12-8-6-10-22-42-36(54)24-44-38(56)26-46-40(58)28(3)4/h13-20H,1,3,5-12,21-26H2,2,4H3,(H,41,53)(H,42,54)(H,43,55)(H,44,56)(H,45,57)(H,46,58)(H,47,51)(H,48,52). The van der Waals surface area contributed by atoms with Gasteiger partial charge in [0.25, 0.3) is 0 Å². The lowest BCUT2D eigenvalue weighted by atomic mass is 10.2. The maximum Gasteiger partial charge on any atom is 0.246 e. The average Bonchev–Trinajstić information content (AvgIpc) is 3.20. The maximum absolute atomic E-state index is 12.4. The Morgan fingerprint density at radius 1 is 0.431 bits per heavy atom. The van der Waals surface area contributed by atoms with Crippen LogP contribution in [0.5, 0.6) is 0 Å². The second-order valence-corrected chi connectivity index (χ2v) is 13.2. The normalized spacial score (nSPS) is 10.4. The van der Waals surface area contributed by atoms with Gasteiger partial charge in [-0.3, -0.25) is 38.4 Å². The van der Waals surface area contributed by atoms with Crippen molar-refractivity contribution in [2.45, 2.75) is 65.2 Å². The number of unbranched alkanes of at least 4 members (excludes halogenated alkanes) is 4. The van der Waals surface area contributed by atoms with Crippen LogP contribution in [0.25, 0.3) is 0 Å². The monoisotopic (exact) mass is 802 g/mol. The largest absolute Gasteiger partial charge is 0.355 e. The van der Waals surface area contributed by atoms with E-state index in [1.807, 2.05) is 0 Å². The van der Waals surface area contributed by atoms with Crippen LogP contribution in [0.1, 0.15) is 65.2 Å². The Bertz CT molecular complexity index is 1660. The van der Waals surface area contributed by atoms with Crippen LogP contribution in [0.15, 0.2) is 83.1 Å². The summed E-state index contributed by atoms with van der Waals surface area (Å²) in [5, 5.41) is 29.1. The number of anilines is 2. The zero-order valence-electron chi connectivity index (χ0n) is 33.1. The quantitative estimate of drug-likeness (QED) is 0.0398. The van der Waals surface area contributed by atoms with Gasteiger partial charge in [-0.05, 0) is 88.1 Å². The third kappa shape index (κ3) is 22.0. The second kappa shape index (κ2) is 27.0. The van der Waals surface area contributed by atoms with E-state index in [2.05, 4.69) is 65.9 Å². The van der Waals surface area contributed by atoms with Gasteiger partial charge in [-0.25, -0.2) is 0 Å². The molecule has 312 valence electrons. The molecular formula is C40H54N10O8. The van der Waals surface area contributed by atoms with E-state index in [4.69, 9.17) is 0 Å². The highest BCUT2D eigenvalue weighted by atomic mass is 16.2. The Morgan fingerprint density at radius 2 is 0.759 bits per heavy atom. The maximum atomic E-state index is 12.4. The average molecular weight is 803 g/mol. The molecular weight excluding hydrogens is 749 g/mol. The lowest BCUT2D eigenvalue weighted by Gasteiger charge is -2.08. The minimum absolute atomic E-state index is 0.140. The van der Waals surface area contributed by atoms with Crippen LogP contribution in [0.2, 0.25) is 0 Å². The summed E-state index contributed by atoms with van der Waals surface area (Å²) in [5.74, 6) is -2.82. The van der Waals surface area contributed by atoms with Gasteiger partial charge in [-0.15, -0.1) is 0 Å². The van der Waals surface area contributed by atoms with Crippen LogP contribution in [-0.2, 0) is 38.4 Å². The lowest BCUT2D eigenvalue weighted by molar-refractivity contribution is -0.126. The fourth-order valence-electron chi connectivity index (χ4n) is 4.65. The van der Waals surface area contributed by atoms with Crippen molar-refractivity contribution in [1.29, 1.82) is 0 Å². The summed E-state index contributed by atoms with van der Waals surface area (Å²) in [6.07, 6.45) is 4.66. The fraction of sp³-hybridized carbons (Fsp3) is 0.400. The van der Waals surface area contributed by atoms with Gasteiger partial charge in [0.05, 0.1) is 37.6 Å². The Kier molecular flexibility index (Phi) is 22.1. The van der Waals surface area contributed by atoms with Gasteiger partial charge in [0, 0.05) is 48.5 Å². The Hall–Kier alpha value is -6.72. The van der Waals surface area contributed by atoms with Crippen LogP contribution >= 0.6 is 0 Å². The summed E-state index contributed by atoms with van der Waals surface area (Å²) in [6.45, 7) is 9.91. The molecule has 0 aliphatic heterocycles. The summed E-state index contributed by atoms with van der Waals surface area (Å²) in [5.41, 5.74) is 2.96. The predicted octanol–water partition coefficient (Wildman–Crippen LogP) is 2.95. The molecule has 0 saturated carbocycles. The van der Waals surface area contributed by atoms with Gasteiger partial charge in [-0.1, -0.05) is 26.0 Å². The highest BCUT2D eigenvalue weighted by Crippen LogP contribution is 2.22. The molecule has 0 heterocycles. The van der Waals surface area contributed by atoms with E-state index in [-0.39, 0.29) is 61.0 Å². The lowest BCUT2D eigenvalue weighted by Crippen LogP contribution is -2.42. The number of amides is 8. The molecule has 0 unspecified atom stereocenters. The topological polar surface area (TPSA) is 258 Å². The SMILES string of the molecule is C=C(C)C(=O)NCC(=O)NCC(=O)NCCCCCC(=O)Nc1ccc(N=Nc2ccc(NC(=O)CCCCCNC(=O)CNC(=O)CNC(=O)C(=C)C)cc2)cc1. The molecule has 58 heavy (non-hydrogen) atoms. The van der Waals surface area contributed by atoms with Crippen LogP contribution in [0.4, 0.5) is 22.7 Å². The van der Waals surface area contributed by atoms with Crippen LogP contribution in [0.3, 0.4) is 0 Å². The Labute approximate surface area is 337 Å². The van der Waals surface area contributed by atoms with Gasteiger partial charge in [0.2, 0.25) is 47.3 Å². The van der Waals surface area contributed by atoms with Crippen LogP contribution in [-0.4, -0.2) is 86.5 Å². The molecule has 18 nitrogen and oxygen atoms in total. The molecule has 0 aliphatic carbocycles. The van der Waals surface area contributed by atoms with Crippen LogP contribution < -0.4 is 42.5 Å². The van der Waals surface area contributed by atoms with Gasteiger partial charge >= 0.3 is 0 Å². The van der Waals surface area contributed by atoms with E-state index >= 15 is 0 Å². The molecule has 0 spiro atoms. The smallest absolute Gasteiger partial charge is 0.246 e. The molecule has 2 aromatic rings. The van der Waals surface area contributed by atoms with Gasteiger partial charge < -0.3 is 42.5 Å². The first-order chi connectivity index (χ1) is 27.7. The minimum Gasteiger partial charge on any atom is -0.355 e. The van der Waals surface area contributed by atoms with Crippen molar-refractivity contribution in [3.8, 4) is 0 Å². The number of nitrogens with zero attached hydrogens (tertiary/aromatic N) is 2. The van der Waals surface area contributed by atoms with E-state index in [1.54, 1.807) is 48.5 Å². The Morgan fingerprint density at radius 3 is 1.10 bits per heavy atom. The number of rotatable bonds is 26. The van der Waals surface area contributed by atoms with Crippen molar-refractivity contribution in [2.24, 2.45) is 10.2 Å². The molecule has 0 saturated heterocycles. The van der Waals surface area contributed by atoms with Gasteiger partial charge in [0.15, 0.2) is 0 Å². The summed E-state index contributed by atoms with van der Waals surface area (Å²) in [4.78, 5) is 94.7. The third-order valence-electron chi connectivity index (χ3n) is 7.88. The summed E-state index contributed by atoms with van der Waals surface area (Å²) >= 11 is 0. The summed E-state index contributed by atoms with van der Waals surface area (Å²) < 4.78 is 0. The predicted molar refractivity (Wildman–Crippen MR) is 219 cm³/mol. The molecule has 18 heteroatoms. The van der Waals surface area contributed by atoms with E-state index in [0.717, 1.165) is 12.8 Å². The summed E-state index contributed by atoms with van der Waals surface area (Å²) in [7, 11) is 0. The molecule has 8 amide bonds. The number of carbonyl (C=O) groups excluding carboxylic acids is 8. The first kappa shape index (κ1) is 47.4. The van der Waals surface area contributed by atoms with Crippen molar-refractivity contribution >= 4 is 70.0 Å². The molecule has 8 N–H and O–H groups in total. The molecule has 0 fully saturated rings. The third-order valence-corrected chi connectivity index (χ3v) is 7.88. The zero-order valence-corrected chi connectivity index (χ0v) is 33.1. The number of hydrogen-bond donors (Lipinski definition) is 8. The first-order valence-corrected chi connectivity index (χ1v) is 18.9. The number of carbonyl (C=O) groups is 8. The van der Waals surface area contributed by atoms with Crippen molar-refractivity contribution in [3.05, 3.63) is 72.8 Å².